The molecule has 7 heteroatoms. The number of aromatic nitrogens is 2. The number of fused-ring (bicyclic) bond motifs is 1. The molecule has 1 aromatic carbocycles. The van der Waals surface area contributed by atoms with Gasteiger partial charge in [-0.25, -0.2) is 9.97 Å². The van der Waals surface area contributed by atoms with Crippen molar-refractivity contribution in [2.24, 2.45) is 0 Å². The predicted molar refractivity (Wildman–Crippen MR) is 107 cm³/mol. The summed E-state index contributed by atoms with van der Waals surface area (Å²) in [6.07, 6.45) is 3.77. The van der Waals surface area contributed by atoms with Gasteiger partial charge >= 0.3 is 0 Å². The average Bonchev–Trinajstić information content (AvgIpc) is 3.01. The second-order valence-corrected chi connectivity index (χ2v) is 8.53. The van der Waals surface area contributed by atoms with Crippen LogP contribution < -0.4 is 0 Å². The number of ketones is 1. The molecule has 0 bridgehead atoms. The van der Waals surface area contributed by atoms with Crippen molar-refractivity contribution >= 4 is 40.3 Å². The van der Waals surface area contributed by atoms with Crippen molar-refractivity contribution in [3.05, 3.63) is 79.0 Å². The van der Waals surface area contributed by atoms with Crippen molar-refractivity contribution in [2.75, 3.05) is 6.61 Å². The SMILES string of the molecule is Cc1sc(CC(=O)c2cncnc2Cl)cc1[C@@H]1OCCc2ccc(Cl)cc21. The molecule has 138 valence electrons. The van der Waals surface area contributed by atoms with Gasteiger partial charge in [0.05, 0.1) is 12.2 Å². The number of Topliss-reactive ketones (excluding diaryl/α,β-unsaturated/α-hetero) is 1. The molecule has 0 N–H and O–H groups in total. The minimum atomic E-state index is -0.156. The molecule has 0 saturated heterocycles. The predicted octanol–water partition coefficient (Wildman–Crippen LogP) is 5.24. The Morgan fingerprint density at radius 1 is 1.30 bits per heavy atom. The van der Waals surface area contributed by atoms with E-state index in [9.17, 15) is 4.79 Å². The number of benzene rings is 1. The van der Waals surface area contributed by atoms with E-state index in [1.807, 2.05) is 12.1 Å². The van der Waals surface area contributed by atoms with Crippen LogP contribution in [0.2, 0.25) is 10.2 Å². The molecule has 0 fully saturated rings. The van der Waals surface area contributed by atoms with Crippen LogP contribution in [0.5, 0.6) is 0 Å². The van der Waals surface area contributed by atoms with E-state index in [-0.39, 0.29) is 23.5 Å². The van der Waals surface area contributed by atoms with E-state index < -0.39 is 0 Å². The van der Waals surface area contributed by atoms with Crippen LogP contribution in [-0.2, 0) is 17.6 Å². The van der Waals surface area contributed by atoms with Gasteiger partial charge in [-0.3, -0.25) is 4.79 Å². The van der Waals surface area contributed by atoms with Gasteiger partial charge in [-0.15, -0.1) is 11.3 Å². The molecular weight excluding hydrogens is 403 g/mol. The van der Waals surface area contributed by atoms with Gasteiger partial charge in [-0.2, -0.15) is 0 Å². The Balaban J connectivity index is 1.63. The first kappa shape index (κ1) is 18.6. The number of nitrogens with zero attached hydrogens (tertiary/aromatic N) is 2. The van der Waals surface area contributed by atoms with Crippen LogP contribution in [-0.4, -0.2) is 22.4 Å². The van der Waals surface area contributed by atoms with E-state index >= 15 is 0 Å². The Bertz CT molecular complexity index is 1020. The number of ether oxygens (including phenoxy) is 1. The van der Waals surface area contributed by atoms with Crippen molar-refractivity contribution in [3.8, 4) is 0 Å². The van der Waals surface area contributed by atoms with E-state index in [1.165, 1.54) is 18.1 Å². The molecule has 0 amide bonds. The Morgan fingerprint density at radius 3 is 2.96 bits per heavy atom. The molecular formula is C20H16Cl2N2O2S. The zero-order valence-corrected chi connectivity index (χ0v) is 16.9. The maximum atomic E-state index is 12.6. The molecule has 1 aliphatic heterocycles. The van der Waals surface area contributed by atoms with Gasteiger partial charge in [0, 0.05) is 27.4 Å². The van der Waals surface area contributed by atoms with E-state index in [4.69, 9.17) is 27.9 Å². The Hall–Kier alpha value is -1.79. The summed E-state index contributed by atoms with van der Waals surface area (Å²) in [5.74, 6) is -0.0959. The smallest absolute Gasteiger partial charge is 0.172 e. The molecule has 2 aromatic heterocycles. The molecule has 0 radical (unpaired) electrons. The first-order valence-electron chi connectivity index (χ1n) is 8.50. The molecule has 0 saturated carbocycles. The second-order valence-electron chi connectivity index (χ2n) is 6.40. The fourth-order valence-corrected chi connectivity index (χ4v) is 4.78. The highest BCUT2D eigenvalue weighted by atomic mass is 35.5. The molecule has 0 spiro atoms. The summed E-state index contributed by atoms with van der Waals surface area (Å²) < 4.78 is 6.07. The molecule has 0 unspecified atom stereocenters. The summed E-state index contributed by atoms with van der Waals surface area (Å²) in [6, 6.07) is 8.01. The lowest BCUT2D eigenvalue weighted by Gasteiger charge is -2.26. The van der Waals surface area contributed by atoms with Gasteiger partial charge in [0.2, 0.25) is 0 Å². The summed E-state index contributed by atoms with van der Waals surface area (Å²) in [6.45, 7) is 2.72. The Morgan fingerprint density at radius 2 is 2.15 bits per heavy atom. The van der Waals surface area contributed by atoms with Crippen LogP contribution in [0.3, 0.4) is 0 Å². The largest absolute Gasteiger partial charge is 0.368 e. The quantitative estimate of drug-likeness (QED) is 0.429. The lowest BCUT2D eigenvalue weighted by Crippen LogP contribution is -2.17. The number of carbonyl (C=O) groups is 1. The zero-order valence-electron chi connectivity index (χ0n) is 14.5. The number of carbonyl (C=O) groups excluding carboxylic acids is 1. The average molecular weight is 419 g/mol. The molecule has 4 nitrogen and oxygen atoms in total. The highest BCUT2D eigenvalue weighted by Gasteiger charge is 2.26. The normalized spacial score (nSPS) is 16.2. The number of rotatable bonds is 4. The summed E-state index contributed by atoms with van der Waals surface area (Å²) in [5.41, 5.74) is 3.79. The van der Waals surface area contributed by atoms with Crippen LogP contribution in [0.4, 0.5) is 0 Å². The Labute approximate surface area is 171 Å². The number of hydrogen-bond donors (Lipinski definition) is 0. The third-order valence-electron chi connectivity index (χ3n) is 4.63. The summed E-state index contributed by atoms with van der Waals surface area (Å²) in [4.78, 5) is 22.4. The Kier molecular flexibility index (Phi) is 5.28. The number of hydrogen-bond acceptors (Lipinski definition) is 5. The van der Waals surface area contributed by atoms with Crippen molar-refractivity contribution in [1.29, 1.82) is 0 Å². The molecule has 4 rings (SSSR count). The van der Waals surface area contributed by atoms with E-state index in [0.29, 0.717) is 17.2 Å². The number of thiophene rings is 1. The van der Waals surface area contributed by atoms with E-state index in [2.05, 4.69) is 29.0 Å². The van der Waals surface area contributed by atoms with E-state index in [1.54, 1.807) is 11.3 Å². The molecule has 3 heterocycles. The van der Waals surface area contributed by atoms with Crippen LogP contribution >= 0.6 is 34.5 Å². The van der Waals surface area contributed by atoms with E-state index in [0.717, 1.165) is 27.3 Å². The highest BCUT2D eigenvalue weighted by Crippen LogP contribution is 2.38. The van der Waals surface area contributed by atoms with Crippen LogP contribution in [0.25, 0.3) is 0 Å². The maximum Gasteiger partial charge on any atom is 0.172 e. The van der Waals surface area contributed by atoms with Crippen molar-refractivity contribution < 1.29 is 9.53 Å². The second kappa shape index (κ2) is 7.68. The minimum absolute atomic E-state index is 0.0959. The maximum absolute atomic E-state index is 12.6. The molecule has 3 aromatic rings. The zero-order chi connectivity index (χ0) is 19.0. The van der Waals surface area contributed by atoms with Gasteiger partial charge in [-0.1, -0.05) is 29.3 Å². The minimum Gasteiger partial charge on any atom is -0.368 e. The third-order valence-corrected chi connectivity index (χ3v) is 6.24. The monoisotopic (exact) mass is 418 g/mol. The van der Waals surface area contributed by atoms with Gasteiger partial charge in [0.15, 0.2) is 5.78 Å². The number of halogens is 2. The summed E-state index contributed by atoms with van der Waals surface area (Å²) in [5, 5.41) is 0.883. The van der Waals surface area contributed by atoms with Crippen molar-refractivity contribution in [2.45, 2.75) is 25.9 Å². The van der Waals surface area contributed by atoms with Gasteiger partial charge in [-0.05, 0) is 48.2 Å². The summed E-state index contributed by atoms with van der Waals surface area (Å²) >= 11 is 13.8. The fraction of sp³-hybridized carbons (Fsp3) is 0.250. The molecule has 27 heavy (non-hydrogen) atoms. The van der Waals surface area contributed by atoms with Crippen LogP contribution in [0.15, 0.2) is 36.8 Å². The topological polar surface area (TPSA) is 52.1 Å². The number of aryl methyl sites for hydroxylation is 1. The van der Waals surface area contributed by atoms with Gasteiger partial charge < -0.3 is 4.74 Å². The first-order valence-corrected chi connectivity index (χ1v) is 10.1. The summed E-state index contributed by atoms with van der Waals surface area (Å²) in [7, 11) is 0. The third kappa shape index (κ3) is 3.78. The molecule has 0 aliphatic carbocycles. The lowest BCUT2D eigenvalue weighted by molar-refractivity contribution is 0.0697. The van der Waals surface area contributed by atoms with Crippen LogP contribution in [0.1, 0.15) is 42.9 Å². The van der Waals surface area contributed by atoms with Gasteiger partial charge in [0.25, 0.3) is 0 Å². The van der Waals surface area contributed by atoms with Gasteiger partial charge in [0.1, 0.15) is 17.6 Å². The lowest BCUT2D eigenvalue weighted by atomic mass is 9.93. The van der Waals surface area contributed by atoms with Crippen LogP contribution in [0, 0.1) is 6.92 Å². The fourth-order valence-electron chi connectivity index (χ4n) is 3.33. The van der Waals surface area contributed by atoms with Crippen molar-refractivity contribution in [3.63, 3.8) is 0 Å². The van der Waals surface area contributed by atoms with Crippen molar-refractivity contribution in [1.82, 2.24) is 9.97 Å². The standard InChI is InChI=1S/C20H16Cl2N2O2S/c1-11-15(19-16-6-13(21)3-2-12(16)4-5-26-19)7-14(27-11)8-18(25)17-9-23-10-24-20(17)22/h2-3,6-7,9-10,19H,4-5,8H2,1H3/t19-/m0/s1. The first-order chi connectivity index (χ1) is 13.0. The molecule has 1 atom stereocenters. The highest BCUT2D eigenvalue weighted by molar-refractivity contribution is 7.12. The molecule has 1 aliphatic rings.